The van der Waals surface area contributed by atoms with E-state index in [1.165, 1.54) is 29.5 Å². The van der Waals surface area contributed by atoms with Gasteiger partial charge in [0.2, 0.25) is 0 Å². The Bertz CT molecular complexity index is 1340. The highest BCUT2D eigenvalue weighted by Gasteiger charge is 2.27. The Balaban J connectivity index is 1.57. The summed E-state index contributed by atoms with van der Waals surface area (Å²) >= 11 is 1.37. The Kier molecular flexibility index (Phi) is 8.13. The number of halogens is 1. The van der Waals surface area contributed by atoms with Crippen LogP contribution in [0.25, 0.3) is 6.08 Å². The van der Waals surface area contributed by atoms with Crippen molar-refractivity contribution in [1.82, 2.24) is 0 Å². The number of nitrogens with zero attached hydrogens (tertiary/aromatic N) is 1. The minimum absolute atomic E-state index is 0.131. The molecule has 184 valence electrons. The van der Waals surface area contributed by atoms with Gasteiger partial charge in [0.15, 0.2) is 0 Å². The number of carbonyl (C=O) groups is 2. The molecule has 0 unspecified atom stereocenters. The van der Waals surface area contributed by atoms with E-state index in [0.717, 1.165) is 41.7 Å². The maximum atomic E-state index is 13.2. The number of thiophene rings is 1. The lowest BCUT2D eigenvalue weighted by atomic mass is 9.95. The molecule has 0 saturated carbocycles. The van der Waals surface area contributed by atoms with Crippen LogP contribution in [0.15, 0.2) is 54.1 Å². The number of hydrogen-bond acceptors (Lipinski definition) is 6. The monoisotopic (exact) mass is 504 g/mol. The van der Waals surface area contributed by atoms with Gasteiger partial charge in [-0.3, -0.25) is 4.79 Å². The SMILES string of the molecule is CCOC(=O)c1c(NC(=O)/C(C#N)=C/c2ccccc2OCc2ccc(F)cc2)sc2c1CCCC2. The van der Waals surface area contributed by atoms with Gasteiger partial charge in [-0.25, -0.2) is 9.18 Å². The number of amides is 1. The molecule has 0 bridgehead atoms. The minimum atomic E-state index is -0.616. The van der Waals surface area contributed by atoms with Crippen molar-refractivity contribution >= 4 is 34.3 Å². The maximum absolute atomic E-state index is 13.2. The second kappa shape index (κ2) is 11.6. The number of carbonyl (C=O) groups excluding carboxylic acids is 2. The summed E-state index contributed by atoms with van der Waals surface area (Å²) in [5.74, 6) is -0.935. The van der Waals surface area contributed by atoms with Gasteiger partial charge in [0.25, 0.3) is 5.91 Å². The summed E-state index contributed by atoms with van der Waals surface area (Å²) in [6, 6.07) is 14.9. The number of aryl methyl sites for hydroxylation is 1. The van der Waals surface area contributed by atoms with Gasteiger partial charge in [-0.2, -0.15) is 5.26 Å². The summed E-state index contributed by atoms with van der Waals surface area (Å²) in [6.45, 7) is 2.17. The van der Waals surface area contributed by atoms with E-state index in [2.05, 4.69) is 5.32 Å². The van der Waals surface area contributed by atoms with Gasteiger partial charge in [-0.15, -0.1) is 11.3 Å². The van der Waals surface area contributed by atoms with Crippen LogP contribution in [-0.4, -0.2) is 18.5 Å². The molecule has 1 aromatic heterocycles. The average Bonchev–Trinajstić information content (AvgIpc) is 3.25. The summed E-state index contributed by atoms with van der Waals surface area (Å²) in [6.07, 6.45) is 5.06. The van der Waals surface area contributed by atoms with E-state index < -0.39 is 11.9 Å². The largest absolute Gasteiger partial charge is 0.488 e. The first-order chi connectivity index (χ1) is 17.5. The highest BCUT2D eigenvalue weighted by atomic mass is 32.1. The molecule has 1 amide bonds. The summed E-state index contributed by atoms with van der Waals surface area (Å²) in [5, 5.41) is 12.9. The quantitative estimate of drug-likeness (QED) is 0.229. The predicted molar refractivity (Wildman–Crippen MR) is 136 cm³/mol. The maximum Gasteiger partial charge on any atom is 0.341 e. The summed E-state index contributed by atoms with van der Waals surface area (Å²) in [7, 11) is 0. The molecule has 8 heteroatoms. The normalized spacial score (nSPS) is 12.9. The number of nitriles is 1. The molecule has 0 radical (unpaired) electrons. The third-order valence-corrected chi connectivity index (χ3v) is 6.98. The van der Waals surface area contributed by atoms with Crippen molar-refractivity contribution in [3.8, 4) is 11.8 Å². The van der Waals surface area contributed by atoms with Crippen molar-refractivity contribution in [3.63, 3.8) is 0 Å². The Morgan fingerprint density at radius 2 is 1.89 bits per heavy atom. The van der Waals surface area contributed by atoms with E-state index in [-0.39, 0.29) is 24.6 Å². The summed E-state index contributed by atoms with van der Waals surface area (Å²) in [5.41, 5.74) is 2.52. The van der Waals surface area contributed by atoms with Crippen LogP contribution in [-0.2, 0) is 29.0 Å². The first-order valence-electron chi connectivity index (χ1n) is 11.7. The standard InChI is InChI=1S/C28H25FN2O4S/c1-2-34-28(33)25-22-8-4-6-10-24(22)36-27(25)31-26(32)20(16-30)15-19-7-3-5-9-23(19)35-17-18-11-13-21(29)14-12-18/h3,5,7,9,11-15H,2,4,6,8,10,17H2,1H3,(H,31,32)/b20-15+. The van der Waals surface area contributed by atoms with Crippen LogP contribution in [0.2, 0.25) is 0 Å². The Labute approximate surface area is 213 Å². The molecule has 4 rings (SSSR count). The average molecular weight is 505 g/mol. The zero-order valence-electron chi connectivity index (χ0n) is 19.8. The van der Waals surface area contributed by atoms with E-state index in [9.17, 15) is 19.2 Å². The van der Waals surface area contributed by atoms with Crippen LogP contribution in [0, 0.1) is 17.1 Å². The van der Waals surface area contributed by atoms with E-state index in [4.69, 9.17) is 9.47 Å². The molecule has 36 heavy (non-hydrogen) atoms. The minimum Gasteiger partial charge on any atom is -0.488 e. The fraction of sp³-hybridized carbons (Fsp3) is 0.250. The van der Waals surface area contributed by atoms with Gasteiger partial charge in [-0.05, 0) is 68.0 Å². The molecule has 1 aliphatic rings. The molecule has 0 spiro atoms. The summed E-state index contributed by atoms with van der Waals surface area (Å²) < 4.78 is 24.3. The molecular formula is C28H25FN2O4S. The number of para-hydroxylation sites is 1. The van der Waals surface area contributed by atoms with E-state index in [0.29, 0.717) is 21.9 Å². The van der Waals surface area contributed by atoms with Gasteiger partial charge in [0.1, 0.15) is 34.8 Å². The number of nitrogens with one attached hydrogen (secondary N) is 1. The molecular weight excluding hydrogens is 479 g/mol. The third kappa shape index (κ3) is 5.81. The van der Waals surface area contributed by atoms with Crippen molar-refractivity contribution < 1.29 is 23.5 Å². The number of esters is 1. The molecule has 1 heterocycles. The number of hydrogen-bond donors (Lipinski definition) is 1. The smallest absolute Gasteiger partial charge is 0.341 e. The van der Waals surface area contributed by atoms with Crippen molar-refractivity contribution in [2.45, 2.75) is 39.2 Å². The number of benzene rings is 2. The van der Waals surface area contributed by atoms with Crippen LogP contribution in [0.3, 0.4) is 0 Å². The predicted octanol–water partition coefficient (Wildman–Crippen LogP) is 6.07. The van der Waals surface area contributed by atoms with Gasteiger partial charge in [0.05, 0.1) is 12.2 Å². The second-order valence-electron chi connectivity index (χ2n) is 8.21. The van der Waals surface area contributed by atoms with Gasteiger partial charge < -0.3 is 14.8 Å². The first-order valence-corrected chi connectivity index (χ1v) is 12.5. The Morgan fingerprint density at radius 1 is 1.14 bits per heavy atom. The molecule has 0 aliphatic heterocycles. The highest BCUT2D eigenvalue weighted by Crippen LogP contribution is 2.39. The van der Waals surface area contributed by atoms with Crippen LogP contribution in [0.4, 0.5) is 9.39 Å². The highest BCUT2D eigenvalue weighted by molar-refractivity contribution is 7.17. The molecule has 2 aromatic carbocycles. The van der Waals surface area contributed by atoms with Gasteiger partial charge in [0, 0.05) is 10.4 Å². The fourth-order valence-electron chi connectivity index (χ4n) is 4.02. The van der Waals surface area contributed by atoms with E-state index in [1.807, 2.05) is 6.07 Å². The lowest BCUT2D eigenvalue weighted by Gasteiger charge is -2.12. The number of anilines is 1. The van der Waals surface area contributed by atoms with E-state index in [1.54, 1.807) is 43.3 Å². The van der Waals surface area contributed by atoms with Gasteiger partial charge >= 0.3 is 5.97 Å². The van der Waals surface area contributed by atoms with Crippen LogP contribution in [0.5, 0.6) is 5.75 Å². The van der Waals surface area contributed by atoms with E-state index >= 15 is 0 Å². The lowest BCUT2D eigenvalue weighted by molar-refractivity contribution is -0.112. The lowest BCUT2D eigenvalue weighted by Crippen LogP contribution is -2.16. The molecule has 0 saturated heterocycles. The fourth-order valence-corrected chi connectivity index (χ4v) is 5.29. The molecule has 0 atom stereocenters. The zero-order chi connectivity index (χ0) is 25.5. The number of ether oxygens (including phenoxy) is 2. The molecule has 0 fully saturated rings. The first kappa shape index (κ1) is 25.1. The van der Waals surface area contributed by atoms with Crippen molar-refractivity contribution in [2.24, 2.45) is 0 Å². The van der Waals surface area contributed by atoms with Crippen LogP contribution >= 0.6 is 11.3 Å². The molecule has 1 N–H and O–H groups in total. The third-order valence-electron chi connectivity index (χ3n) is 5.77. The Hall–Kier alpha value is -3.96. The van der Waals surface area contributed by atoms with Crippen molar-refractivity contribution in [2.75, 3.05) is 11.9 Å². The Morgan fingerprint density at radius 3 is 2.64 bits per heavy atom. The van der Waals surface area contributed by atoms with Crippen molar-refractivity contribution in [1.29, 1.82) is 5.26 Å². The molecule has 3 aromatic rings. The molecule has 6 nitrogen and oxygen atoms in total. The topological polar surface area (TPSA) is 88.4 Å². The van der Waals surface area contributed by atoms with Gasteiger partial charge in [-0.1, -0.05) is 30.3 Å². The summed E-state index contributed by atoms with van der Waals surface area (Å²) in [4.78, 5) is 26.8. The van der Waals surface area contributed by atoms with Crippen molar-refractivity contribution in [3.05, 3.63) is 87.1 Å². The second-order valence-corrected chi connectivity index (χ2v) is 9.32. The molecule has 1 aliphatic carbocycles. The number of rotatable bonds is 8. The zero-order valence-corrected chi connectivity index (χ0v) is 20.6. The van der Waals surface area contributed by atoms with Crippen LogP contribution in [0.1, 0.15) is 51.7 Å². The number of fused-ring (bicyclic) bond motifs is 1. The van der Waals surface area contributed by atoms with Crippen LogP contribution < -0.4 is 10.1 Å².